The molecule has 3 heterocycles. The number of sulfone groups is 1. The van der Waals surface area contributed by atoms with Gasteiger partial charge in [-0.3, -0.25) is 9.69 Å². The summed E-state index contributed by atoms with van der Waals surface area (Å²) in [5.74, 6) is 1.07. The maximum absolute atomic E-state index is 12.5. The van der Waals surface area contributed by atoms with E-state index in [2.05, 4.69) is 15.0 Å². The largest absolute Gasteiger partial charge is 0.340 e. The molecule has 3 rings (SSSR count). The second kappa shape index (κ2) is 6.79. The van der Waals surface area contributed by atoms with Crippen LogP contribution in [0, 0.1) is 5.92 Å². The fraction of sp³-hybridized carbons (Fsp3) is 0.800. The number of nitrogens with zero attached hydrogens (tertiary/aromatic N) is 4. The molecule has 1 aromatic heterocycles. The Hall–Kier alpha value is -1.48. The van der Waals surface area contributed by atoms with Gasteiger partial charge in [0.15, 0.2) is 15.7 Å². The standard InChI is InChI=1S/C15H24N4O4S/c1-3-13-16-14(23-17-13)11(2)18-5-7-19(8-6-18)15(20)12-4-9-24(21,22)10-12/h11-12H,3-10H2,1-2H3/t11-,12-/m0/s1. The van der Waals surface area contributed by atoms with Crippen LogP contribution in [0.1, 0.15) is 38.0 Å². The van der Waals surface area contributed by atoms with Crippen molar-refractivity contribution < 1.29 is 17.7 Å². The Morgan fingerprint density at radius 3 is 2.58 bits per heavy atom. The van der Waals surface area contributed by atoms with Gasteiger partial charge in [0.1, 0.15) is 0 Å². The average Bonchev–Trinajstić information content (AvgIpc) is 3.20. The fourth-order valence-electron chi connectivity index (χ4n) is 3.31. The SMILES string of the molecule is CCc1noc([C@H](C)N2CCN(C(=O)[C@H]3CCS(=O)(=O)C3)CC2)n1. The molecule has 0 unspecified atom stereocenters. The molecule has 1 amide bonds. The zero-order chi connectivity index (χ0) is 17.3. The second-order valence-corrected chi connectivity index (χ2v) is 8.77. The molecule has 2 fully saturated rings. The van der Waals surface area contributed by atoms with Crippen molar-refractivity contribution in [3.05, 3.63) is 11.7 Å². The van der Waals surface area contributed by atoms with E-state index < -0.39 is 9.84 Å². The fourth-order valence-corrected chi connectivity index (χ4v) is 5.05. The van der Waals surface area contributed by atoms with Crippen LogP contribution in [0.4, 0.5) is 0 Å². The van der Waals surface area contributed by atoms with Gasteiger partial charge in [0.05, 0.1) is 23.5 Å². The molecule has 0 radical (unpaired) electrons. The lowest BCUT2D eigenvalue weighted by molar-refractivity contribution is -0.136. The highest BCUT2D eigenvalue weighted by Crippen LogP contribution is 2.24. The van der Waals surface area contributed by atoms with E-state index in [-0.39, 0.29) is 29.4 Å². The topological polar surface area (TPSA) is 96.6 Å². The van der Waals surface area contributed by atoms with Crippen LogP contribution in [0.5, 0.6) is 0 Å². The normalized spacial score (nSPS) is 25.8. The summed E-state index contributed by atoms with van der Waals surface area (Å²) in [4.78, 5) is 20.9. The first-order valence-corrected chi connectivity index (χ1v) is 10.3. The summed E-state index contributed by atoms with van der Waals surface area (Å²) >= 11 is 0. The lowest BCUT2D eigenvalue weighted by atomic mass is 10.1. The predicted octanol–water partition coefficient (Wildman–Crippen LogP) is 0.272. The van der Waals surface area contributed by atoms with Gasteiger partial charge in [-0.15, -0.1) is 0 Å². The van der Waals surface area contributed by atoms with Gasteiger partial charge in [-0.25, -0.2) is 8.42 Å². The van der Waals surface area contributed by atoms with Crippen LogP contribution < -0.4 is 0 Å². The van der Waals surface area contributed by atoms with Gasteiger partial charge < -0.3 is 9.42 Å². The van der Waals surface area contributed by atoms with Gasteiger partial charge in [0.25, 0.3) is 0 Å². The molecule has 2 aliphatic heterocycles. The van der Waals surface area contributed by atoms with Crippen LogP contribution in [0.25, 0.3) is 0 Å². The van der Waals surface area contributed by atoms with Crippen molar-refractivity contribution >= 4 is 15.7 Å². The molecule has 9 heteroatoms. The Morgan fingerprint density at radius 1 is 1.33 bits per heavy atom. The van der Waals surface area contributed by atoms with E-state index >= 15 is 0 Å². The van der Waals surface area contributed by atoms with Gasteiger partial charge in [-0.2, -0.15) is 4.98 Å². The Kier molecular flexibility index (Phi) is 4.91. The molecule has 0 aliphatic carbocycles. The predicted molar refractivity (Wildman–Crippen MR) is 87.0 cm³/mol. The molecule has 0 aromatic carbocycles. The molecule has 1 aromatic rings. The molecule has 0 bridgehead atoms. The minimum Gasteiger partial charge on any atom is -0.340 e. The number of aryl methyl sites for hydroxylation is 1. The van der Waals surface area contributed by atoms with Gasteiger partial charge >= 0.3 is 0 Å². The summed E-state index contributed by atoms with van der Waals surface area (Å²) < 4.78 is 28.4. The molecule has 0 N–H and O–H groups in total. The molecule has 0 spiro atoms. The highest BCUT2D eigenvalue weighted by molar-refractivity contribution is 7.91. The number of amides is 1. The molecule has 134 valence electrons. The van der Waals surface area contributed by atoms with E-state index in [1.807, 2.05) is 13.8 Å². The lowest BCUT2D eigenvalue weighted by Crippen LogP contribution is -2.51. The first-order chi connectivity index (χ1) is 11.4. The number of hydrogen-bond donors (Lipinski definition) is 0. The molecule has 2 atom stereocenters. The summed E-state index contributed by atoms with van der Waals surface area (Å²) in [6, 6.07) is 0.0157. The zero-order valence-corrected chi connectivity index (χ0v) is 15.0. The van der Waals surface area contributed by atoms with E-state index in [4.69, 9.17) is 4.52 Å². The third-order valence-electron chi connectivity index (χ3n) is 4.91. The average molecular weight is 356 g/mol. The maximum Gasteiger partial charge on any atom is 0.243 e. The van der Waals surface area contributed by atoms with Crippen molar-refractivity contribution in [3.8, 4) is 0 Å². The van der Waals surface area contributed by atoms with Gasteiger partial charge in [0, 0.05) is 32.6 Å². The highest BCUT2D eigenvalue weighted by atomic mass is 32.2. The Morgan fingerprint density at radius 2 is 2.04 bits per heavy atom. The first kappa shape index (κ1) is 17.3. The minimum absolute atomic E-state index is 0.00420. The van der Waals surface area contributed by atoms with E-state index in [0.29, 0.717) is 31.2 Å². The zero-order valence-electron chi connectivity index (χ0n) is 14.1. The summed E-state index contributed by atoms with van der Waals surface area (Å²) in [5, 5.41) is 3.93. The van der Waals surface area contributed by atoms with Gasteiger partial charge in [-0.05, 0) is 13.3 Å². The molecule has 0 saturated carbocycles. The van der Waals surface area contributed by atoms with Gasteiger partial charge in [-0.1, -0.05) is 12.1 Å². The minimum atomic E-state index is -3.03. The third-order valence-corrected chi connectivity index (χ3v) is 6.68. The van der Waals surface area contributed by atoms with Crippen LogP contribution in [0.2, 0.25) is 0 Å². The Labute approximate surface area is 142 Å². The quantitative estimate of drug-likeness (QED) is 0.764. The van der Waals surface area contributed by atoms with Crippen molar-refractivity contribution in [2.75, 3.05) is 37.7 Å². The van der Waals surface area contributed by atoms with Crippen LogP contribution in [-0.2, 0) is 21.1 Å². The van der Waals surface area contributed by atoms with Crippen LogP contribution in [0.15, 0.2) is 4.52 Å². The number of aromatic nitrogens is 2. The molecular weight excluding hydrogens is 332 g/mol. The van der Waals surface area contributed by atoms with Crippen LogP contribution in [0.3, 0.4) is 0 Å². The molecule has 2 saturated heterocycles. The highest BCUT2D eigenvalue weighted by Gasteiger charge is 2.37. The van der Waals surface area contributed by atoms with Crippen molar-refractivity contribution in [1.29, 1.82) is 0 Å². The Balaban J connectivity index is 1.54. The molecule has 2 aliphatic rings. The van der Waals surface area contributed by atoms with E-state index in [0.717, 1.165) is 19.5 Å². The number of hydrogen-bond acceptors (Lipinski definition) is 7. The number of rotatable bonds is 4. The third kappa shape index (κ3) is 3.61. The monoisotopic (exact) mass is 356 g/mol. The summed E-state index contributed by atoms with van der Waals surface area (Å²) in [7, 11) is -3.03. The van der Waals surface area contributed by atoms with E-state index in [1.54, 1.807) is 4.90 Å². The maximum atomic E-state index is 12.5. The number of carbonyl (C=O) groups is 1. The van der Waals surface area contributed by atoms with Crippen LogP contribution in [-0.4, -0.2) is 72.0 Å². The second-order valence-electron chi connectivity index (χ2n) is 6.54. The molecular formula is C15H24N4O4S. The van der Waals surface area contributed by atoms with Gasteiger partial charge in [0.2, 0.25) is 11.8 Å². The lowest BCUT2D eigenvalue weighted by Gasteiger charge is -2.37. The summed E-state index contributed by atoms with van der Waals surface area (Å²) in [6.07, 6.45) is 1.20. The van der Waals surface area contributed by atoms with Crippen LogP contribution >= 0.6 is 0 Å². The number of piperazine rings is 1. The molecule has 8 nitrogen and oxygen atoms in total. The smallest absolute Gasteiger partial charge is 0.243 e. The van der Waals surface area contributed by atoms with E-state index in [9.17, 15) is 13.2 Å². The van der Waals surface area contributed by atoms with Crippen molar-refractivity contribution in [2.24, 2.45) is 5.92 Å². The number of carbonyl (C=O) groups excluding carboxylic acids is 1. The van der Waals surface area contributed by atoms with E-state index in [1.165, 1.54) is 0 Å². The Bertz CT molecular complexity index is 694. The summed E-state index contributed by atoms with van der Waals surface area (Å²) in [5.41, 5.74) is 0. The summed E-state index contributed by atoms with van der Waals surface area (Å²) in [6.45, 7) is 6.65. The van der Waals surface area contributed by atoms with Crippen molar-refractivity contribution in [3.63, 3.8) is 0 Å². The molecule has 24 heavy (non-hydrogen) atoms. The van der Waals surface area contributed by atoms with Crippen molar-refractivity contribution in [2.45, 2.75) is 32.7 Å². The first-order valence-electron chi connectivity index (χ1n) is 8.45. The van der Waals surface area contributed by atoms with Crippen molar-refractivity contribution in [1.82, 2.24) is 19.9 Å².